The first-order valence-corrected chi connectivity index (χ1v) is 13.3. The van der Waals surface area contributed by atoms with Gasteiger partial charge in [0.25, 0.3) is 0 Å². The number of anilines is 2. The second-order valence-electron chi connectivity index (χ2n) is 9.65. The van der Waals surface area contributed by atoms with Gasteiger partial charge in [0.15, 0.2) is 11.6 Å². The molecule has 2 aliphatic rings. The topological polar surface area (TPSA) is 58.2 Å². The maximum absolute atomic E-state index is 13.8. The number of Topliss-reactive ketones (excluding diaryl/α,β-unsaturated/α-hetero) is 1. The predicted molar refractivity (Wildman–Crippen MR) is 153 cm³/mol. The van der Waals surface area contributed by atoms with Gasteiger partial charge in [-0.05, 0) is 53.8 Å². The molecule has 0 saturated carbocycles. The third kappa shape index (κ3) is 4.62. The smallest absolute Gasteiger partial charge is 0.193 e. The van der Waals surface area contributed by atoms with Gasteiger partial charge in [0.05, 0.1) is 17.4 Å². The van der Waals surface area contributed by atoms with Crippen LogP contribution >= 0.6 is 23.2 Å². The molecule has 0 spiro atoms. The van der Waals surface area contributed by atoms with Gasteiger partial charge in [-0.1, -0.05) is 89.9 Å². The number of fused-ring (bicyclic) bond motifs is 1. The summed E-state index contributed by atoms with van der Waals surface area (Å²) in [5, 5.41) is 8.11. The van der Waals surface area contributed by atoms with Crippen LogP contribution in [0.1, 0.15) is 51.8 Å². The molecule has 1 aliphatic carbocycles. The normalized spacial score (nSPS) is 18.5. The first kappa shape index (κ1) is 24.5. The zero-order valence-electron chi connectivity index (χ0n) is 20.4. The van der Waals surface area contributed by atoms with Crippen LogP contribution in [0.5, 0.6) is 0 Å². The van der Waals surface area contributed by atoms with Crippen molar-refractivity contribution in [3.63, 3.8) is 0 Å². The summed E-state index contributed by atoms with van der Waals surface area (Å²) in [4.78, 5) is 27.0. The zero-order valence-corrected chi connectivity index (χ0v) is 21.9. The Balaban J connectivity index is 1.46. The first-order valence-electron chi connectivity index (χ1n) is 12.5. The van der Waals surface area contributed by atoms with E-state index in [1.54, 1.807) is 12.1 Å². The molecule has 6 rings (SSSR count). The van der Waals surface area contributed by atoms with Crippen LogP contribution in [0.2, 0.25) is 10.0 Å². The van der Waals surface area contributed by atoms with E-state index in [4.69, 9.17) is 23.2 Å². The third-order valence-electron chi connectivity index (χ3n) is 7.24. The van der Waals surface area contributed by atoms with E-state index in [1.165, 1.54) is 0 Å². The molecule has 0 bridgehead atoms. The molecule has 2 atom stereocenters. The molecular weight excluding hydrogens is 515 g/mol. The van der Waals surface area contributed by atoms with E-state index in [0.717, 1.165) is 28.2 Å². The van der Waals surface area contributed by atoms with Gasteiger partial charge < -0.3 is 10.6 Å². The van der Waals surface area contributed by atoms with Crippen LogP contribution in [0.3, 0.4) is 0 Å². The van der Waals surface area contributed by atoms with Crippen LogP contribution in [-0.4, -0.2) is 11.6 Å². The van der Waals surface area contributed by atoms with Crippen molar-refractivity contribution in [2.45, 2.75) is 24.8 Å². The van der Waals surface area contributed by atoms with Crippen LogP contribution in [0, 0.1) is 0 Å². The Morgan fingerprint density at radius 2 is 1.50 bits per heavy atom. The third-order valence-corrected chi connectivity index (χ3v) is 7.81. The largest absolute Gasteiger partial charge is 0.372 e. The molecule has 0 radical (unpaired) electrons. The summed E-state index contributed by atoms with van der Waals surface area (Å²) in [5.74, 6) is 0.0457. The minimum Gasteiger partial charge on any atom is -0.372 e. The van der Waals surface area contributed by atoms with E-state index in [0.29, 0.717) is 39.6 Å². The van der Waals surface area contributed by atoms with Gasteiger partial charge in [0, 0.05) is 38.9 Å². The number of carbonyl (C=O) groups is 2. The standard InChI is InChI=1S/C32H24Cl2N2O2/c33-23-12-13-24(25(34)18-23)31-30-28(16-22(17-29(30)37)19-7-3-1-4-8-19)35-27-15-21(11-14-26(27)36-31)32(38)20-9-5-2-6-10-20/h1-15,18,22,31,35-36H,16-17H2/t22-,31+/m1/s1. The molecule has 0 unspecified atom stereocenters. The fourth-order valence-electron chi connectivity index (χ4n) is 5.38. The van der Waals surface area contributed by atoms with Crippen molar-refractivity contribution in [1.29, 1.82) is 0 Å². The lowest BCUT2D eigenvalue weighted by molar-refractivity contribution is -0.116. The molecule has 0 saturated heterocycles. The van der Waals surface area contributed by atoms with E-state index < -0.39 is 6.04 Å². The fraction of sp³-hybridized carbons (Fsp3) is 0.125. The summed E-state index contributed by atoms with van der Waals surface area (Å²) in [6.07, 6.45) is 1.06. The van der Waals surface area contributed by atoms with Crippen LogP contribution in [0.4, 0.5) is 11.4 Å². The van der Waals surface area contributed by atoms with E-state index in [-0.39, 0.29) is 17.5 Å². The van der Waals surface area contributed by atoms with Gasteiger partial charge in [-0.3, -0.25) is 9.59 Å². The molecule has 1 heterocycles. The maximum Gasteiger partial charge on any atom is 0.193 e. The second-order valence-corrected chi connectivity index (χ2v) is 10.5. The quantitative estimate of drug-likeness (QED) is 0.257. The van der Waals surface area contributed by atoms with Crippen LogP contribution in [0.25, 0.3) is 0 Å². The highest BCUT2D eigenvalue weighted by Crippen LogP contribution is 2.46. The lowest BCUT2D eigenvalue weighted by Crippen LogP contribution is -2.27. The van der Waals surface area contributed by atoms with E-state index in [9.17, 15) is 9.59 Å². The van der Waals surface area contributed by atoms with Crippen molar-refractivity contribution in [1.82, 2.24) is 0 Å². The van der Waals surface area contributed by atoms with Crippen molar-refractivity contribution in [3.05, 3.63) is 141 Å². The molecule has 0 fully saturated rings. The number of hydrogen-bond donors (Lipinski definition) is 2. The van der Waals surface area contributed by atoms with Crippen LogP contribution in [0.15, 0.2) is 108 Å². The Morgan fingerprint density at radius 3 is 2.24 bits per heavy atom. The van der Waals surface area contributed by atoms with Gasteiger partial charge in [-0.15, -0.1) is 0 Å². The van der Waals surface area contributed by atoms with E-state index >= 15 is 0 Å². The average molecular weight is 539 g/mol. The highest BCUT2D eigenvalue weighted by molar-refractivity contribution is 6.35. The van der Waals surface area contributed by atoms with E-state index in [2.05, 4.69) is 22.8 Å². The van der Waals surface area contributed by atoms with Crippen molar-refractivity contribution in [3.8, 4) is 0 Å². The summed E-state index contributed by atoms with van der Waals surface area (Å²) >= 11 is 12.8. The fourth-order valence-corrected chi connectivity index (χ4v) is 5.89. The number of halogens is 2. The summed E-state index contributed by atoms with van der Waals surface area (Å²) in [6, 6.07) is 29.7. The molecule has 4 aromatic carbocycles. The second kappa shape index (κ2) is 10.1. The number of benzene rings is 4. The Kier molecular flexibility index (Phi) is 6.52. The molecule has 0 amide bonds. The van der Waals surface area contributed by atoms with E-state index in [1.807, 2.05) is 72.8 Å². The summed E-state index contributed by atoms with van der Waals surface area (Å²) in [6.45, 7) is 0. The molecular formula is C32H24Cl2N2O2. The molecule has 4 aromatic rings. The average Bonchev–Trinajstić information content (AvgIpc) is 3.10. The molecule has 188 valence electrons. The zero-order chi connectivity index (χ0) is 26.2. The highest BCUT2D eigenvalue weighted by atomic mass is 35.5. The number of ketones is 2. The molecule has 2 N–H and O–H groups in total. The van der Waals surface area contributed by atoms with Crippen LogP contribution < -0.4 is 10.6 Å². The first-order chi connectivity index (χ1) is 18.5. The van der Waals surface area contributed by atoms with Gasteiger partial charge in [-0.2, -0.15) is 0 Å². The Labute approximate surface area is 231 Å². The van der Waals surface area contributed by atoms with Crippen molar-refractivity contribution in [2.24, 2.45) is 0 Å². The van der Waals surface area contributed by atoms with Gasteiger partial charge in [0.1, 0.15) is 0 Å². The number of carbonyl (C=O) groups excluding carboxylic acids is 2. The number of nitrogens with one attached hydrogen (secondary N) is 2. The highest BCUT2D eigenvalue weighted by Gasteiger charge is 2.37. The Morgan fingerprint density at radius 1 is 0.763 bits per heavy atom. The number of rotatable bonds is 4. The van der Waals surface area contributed by atoms with Crippen molar-refractivity contribution < 1.29 is 9.59 Å². The number of allylic oxidation sites excluding steroid dienone is 1. The molecule has 0 aromatic heterocycles. The summed E-state index contributed by atoms with van der Waals surface area (Å²) in [5.41, 5.74) is 6.11. The summed E-state index contributed by atoms with van der Waals surface area (Å²) < 4.78 is 0. The van der Waals surface area contributed by atoms with Gasteiger partial charge in [0.2, 0.25) is 0 Å². The van der Waals surface area contributed by atoms with Crippen LogP contribution in [-0.2, 0) is 4.79 Å². The Hall–Kier alpha value is -3.86. The SMILES string of the molecule is O=C1C[C@H](c2ccccc2)CC2=C1[C@H](c1ccc(Cl)cc1Cl)Nc1ccc(C(=O)c3ccccc3)cc1N2. The maximum atomic E-state index is 13.8. The number of hydrogen-bond acceptors (Lipinski definition) is 4. The summed E-state index contributed by atoms with van der Waals surface area (Å²) in [7, 11) is 0. The van der Waals surface area contributed by atoms with Crippen molar-refractivity contribution in [2.75, 3.05) is 10.6 Å². The molecule has 38 heavy (non-hydrogen) atoms. The minimum absolute atomic E-state index is 0.0481. The lowest BCUT2D eigenvalue weighted by atomic mass is 9.78. The van der Waals surface area contributed by atoms with Gasteiger partial charge in [-0.25, -0.2) is 0 Å². The van der Waals surface area contributed by atoms with Crippen molar-refractivity contribution >= 4 is 46.1 Å². The predicted octanol–water partition coefficient (Wildman–Crippen LogP) is 8.20. The minimum atomic E-state index is -0.469. The molecule has 1 aliphatic heterocycles. The Bertz CT molecular complexity index is 1580. The lowest BCUT2D eigenvalue weighted by Gasteiger charge is -2.30. The molecule has 4 nitrogen and oxygen atoms in total. The molecule has 6 heteroatoms. The monoisotopic (exact) mass is 538 g/mol. The van der Waals surface area contributed by atoms with Gasteiger partial charge >= 0.3 is 0 Å².